The van der Waals surface area contributed by atoms with Gasteiger partial charge in [-0.2, -0.15) is 0 Å². The van der Waals surface area contributed by atoms with Crippen molar-refractivity contribution in [1.29, 1.82) is 0 Å². The number of nitrogens with one attached hydrogen (secondary N) is 1. The predicted molar refractivity (Wildman–Crippen MR) is 85.5 cm³/mol. The Morgan fingerprint density at radius 3 is 2.81 bits per heavy atom. The lowest BCUT2D eigenvalue weighted by Crippen LogP contribution is -2.36. The smallest absolute Gasteiger partial charge is 0.0642 e. The first kappa shape index (κ1) is 13.7. The van der Waals surface area contributed by atoms with Crippen molar-refractivity contribution in [3.63, 3.8) is 0 Å². The van der Waals surface area contributed by atoms with Crippen LogP contribution < -0.4 is 16.0 Å². The molecule has 0 saturated carbocycles. The van der Waals surface area contributed by atoms with Gasteiger partial charge in [0.1, 0.15) is 0 Å². The van der Waals surface area contributed by atoms with Gasteiger partial charge in [-0.25, -0.2) is 0 Å². The lowest BCUT2D eigenvalue weighted by molar-refractivity contribution is 0.122. The van der Waals surface area contributed by atoms with Crippen LogP contribution in [0.15, 0.2) is 42.6 Å². The van der Waals surface area contributed by atoms with Gasteiger partial charge in [-0.15, -0.1) is 0 Å². The van der Waals surface area contributed by atoms with Gasteiger partial charge in [0.25, 0.3) is 0 Å². The van der Waals surface area contributed by atoms with Gasteiger partial charge in [-0.1, -0.05) is 6.07 Å². The van der Waals surface area contributed by atoms with Crippen molar-refractivity contribution in [2.45, 2.75) is 6.54 Å². The standard InChI is InChI=1S/C16H20N4O/c17-15-5-4-14(20-7-9-21-10-8-20)11-16(15)19-12-13-3-1-2-6-18-13/h1-6,11,19H,7-10,12,17H2. The highest BCUT2D eigenvalue weighted by Gasteiger charge is 2.12. The van der Waals surface area contributed by atoms with Crippen LogP contribution in [0.5, 0.6) is 0 Å². The highest BCUT2D eigenvalue weighted by molar-refractivity contribution is 5.72. The normalized spacial score (nSPS) is 15.0. The molecule has 1 saturated heterocycles. The van der Waals surface area contributed by atoms with Crippen LogP contribution >= 0.6 is 0 Å². The van der Waals surface area contributed by atoms with Gasteiger partial charge in [0.2, 0.25) is 0 Å². The van der Waals surface area contributed by atoms with Crippen LogP contribution in [-0.4, -0.2) is 31.3 Å². The Hall–Kier alpha value is -2.27. The number of ether oxygens (including phenoxy) is 1. The van der Waals surface area contributed by atoms with Gasteiger partial charge >= 0.3 is 0 Å². The van der Waals surface area contributed by atoms with Crippen molar-refractivity contribution in [3.8, 4) is 0 Å². The van der Waals surface area contributed by atoms with Gasteiger partial charge in [0, 0.05) is 25.0 Å². The molecule has 3 N–H and O–H groups in total. The second-order valence-corrected chi connectivity index (χ2v) is 5.05. The Labute approximate surface area is 124 Å². The maximum Gasteiger partial charge on any atom is 0.0642 e. The van der Waals surface area contributed by atoms with E-state index < -0.39 is 0 Å². The van der Waals surface area contributed by atoms with Crippen LogP contribution in [0, 0.1) is 0 Å². The zero-order valence-corrected chi connectivity index (χ0v) is 12.0. The first-order valence-electron chi connectivity index (χ1n) is 7.19. The summed E-state index contributed by atoms with van der Waals surface area (Å²) in [5.41, 5.74) is 9.93. The average Bonchev–Trinajstić information content (AvgIpc) is 2.56. The van der Waals surface area contributed by atoms with Crippen LogP contribution in [0.2, 0.25) is 0 Å². The molecule has 1 aliphatic rings. The molecule has 0 spiro atoms. The summed E-state index contributed by atoms with van der Waals surface area (Å²) in [7, 11) is 0. The summed E-state index contributed by atoms with van der Waals surface area (Å²) in [6, 6.07) is 12.0. The first-order valence-corrected chi connectivity index (χ1v) is 7.19. The molecule has 5 nitrogen and oxygen atoms in total. The second-order valence-electron chi connectivity index (χ2n) is 5.05. The molecule has 3 rings (SSSR count). The molecule has 5 heteroatoms. The number of benzene rings is 1. The Morgan fingerprint density at radius 1 is 1.19 bits per heavy atom. The Kier molecular flexibility index (Phi) is 4.21. The highest BCUT2D eigenvalue weighted by Crippen LogP contribution is 2.26. The summed E-state index contributed by atoms with van der Waals surface area (Å²) in [6.07, 6.45) is 1.80. The molecular formula is C16H20N4O. The number of rotatable bonds is 4. The predicted octanol–water partition coefficient (Wildman–Crippen LogP) is 2.11. The topological polar surface area (TPSA) is 63.4 Å². The Bertz CT molecular complexity index is 582. The summed E-state index contributed by atoms with van der Waals surface area (Å²) < 4.78 is 5.39. The number of hydrogen-bond donors (Lipinski definition) is 2. The minimum atomic E-state index is 0.664. The van der Waals surface area contributed by atoms with E-state index in [9.17, 15) is 0 Å². The quantitative estimate of drug-likeness (QED) is 0.842. The summed E-state index contributed by atoms with van der Waals surface area (Å²) in [6.45, 7) is 4.06. The summed E-state index contributed by atoms with van der Waals surface area (Å²) in [5.74, 6) is 0. The van der Waals surface area contributed by atoms with E-state index in [-0.39, 0.29) is 0 Å². The Morgan fingerprint density at radius 2 is 2.05 bits per heavy atom. The monoisotopic (exact) mass is 284 g/mol. The maximum atomic E-state index is 6.06. The molecule has 2 aromatic rings. The molecule has 0 atom stereocenters. The lowest BCUT2D eigenvalue weighted by Gasteiger charge is -2.29. The molecule has 0 unspecified atom stereocenters. The van der Waals surface area contributed by atoms with Crippen molar-refractivity contribution >= 4 is 17.1 Å². The Balaban J connectivity index is 1.72. The molecule has 21 heavy (non-hydrogen) atoms. The number of nitrogen functional groups attached to an aromatic ring is 1. The number of hydrogen-bond acceptors (Lipinski definition) is 5. The van der Waals surface area contributed by atoms with E-state index >= 15 is 0 Å². The van der Waals surface area contributed by atoms with E-state index in [0.717, 1.165) is 43.4 Å². The highest BCUT2D eigenvalue weighted by atomic mass is 16.5. The fourth-order valence-electron chi connectivity index (χ4n) is 2.40. The van der Waals surface area contributed by atoms with Crippen LogP contribution in [0.1, 0.15) is 5.69 Å². The van der Waals surface area contributed by atoms with E-state index in [1.54, 1.807) is 6.20 Å². The molecular weight excluding hydrogens is 264 g/mol. The van der Waals surface area contributed by atoms with Crippen LogP contribution in [0.4, 0.5) is 17.1 Å². The SMILES string of the molecule is Nc1ccc(N2CCOCC2)cc1NCc1ccccn1. The largest absolute Gasteiger partial charge is 0.397 e. The zero-order chi connectivity index (χ0) is 14.5. The summed E-state index contributed by atoms with van der Waals surface area (Å²) >= 11 is 0. The summed E-state index contributed by atoms with van der Waals surface area (Å²) in [4.78, 5) is 6.62. The minimum Gasteiger partial charge on any atom is -0.397 e. The van der Waals surface area contributed by atoms with Crippen molar-refractivity contribution in [3.05, 3.63) is 48.3 Å². The third-order valence-corrected chi connectivity index (χ3v) is 3.60. The molecule has 1 aromatic carbocycles. The van der Waals surface area contributed by atoms with Gasteiger partial charge in [-0.3, -0.25) is 4.98 Å². The van der Waals surface area contributed by atoms with Crippen molar-refractivity contribution in [1.82, 2.24) is 4.98 Å². The minimum absolute atomic E-state index is 0.664. The molecule has 0 amide bonds. The molecule has 1 fully saturated rings. The van der Waals surface area contributed by atoms with Crippen LogP contribution in [0.25, 0.3) is 0 Å². The number of pyridine rings is 1. The molecule has 0 radical (unpaired) electrons. The van der Waals surface area contributed by atoms with E-state index in [1.807, 2.05) is 24.3 Å². The van der Waals surface area contributed by atoms with Crippen molar-refractivity contribution in [2.75, 3.05) is 42.3 Å². The van der Waals surface area contributed by atoms with E-state index in [2.05, 4.69) is 27.3 Å². The summed E-state index contributed by atoms with van der Waals surface area (Å²) in [5, 5.41) is 3.36. The number of nitrogens with two attached hydrogens (primary N) is 1. The number of anilines is 3. The third-order valence-electron chi connectivity index (χ3n) is 3.60. The van der Waals surface area contributed by atoms with Gasteiger partial charge in [0.05, 0.1) is 36.8 Å². The lowest BCUT2D eigenvalue weighted by atomic mass is 10.2. The molecule has 0 bridgehead atoms. The van der Waals surface area contributed by atoms with Gasteiger partial charge in [-0.05, 0) is 30.3 Å². The number of aromatic nitrogens is 1. The fraction of sp³-hybridized carbons (Fsp3) is 0.312. The first-order chi connectivity index (χ1) is 10.3. The zero-order valence-electron chi connectivity index (χ0n) is 12.0. The van der Waals surface area contributed by atoms with Crippen molar-refractivity contribution in [2.24, 2.45) is 0 Å². The van der Waals surface area contributed by atoms with Crippen LogP contribution in [0.3, 0.4) is 0 Å². The van der Waals surface area contributed by atoms with E-state index in [1.165, 1.54) is 5.69 Å². The average molecular weight is 284 g/mol. The van der Waals surface area contributed by atoms with Gasteiger partial charge < -0.3 is 20.7 Å². The third kappa shape index (κ3) is 3.44. The van der Waals surface area contributed by atoms with Crippen LogP contribution in [-0.2, 0) is 11.3 Å². The van der Waals surface area contributed by atoms with Gasteiger partial charge in [0.15, 0.2) is 0 Å². The molecule has 2 heterocycles. The number of morpholine rings is 1. The van der Waals surface area contributed by atoms with Crippen molar-refractivity contribution < 1.29 is 4.74 Å². The fourth-order valence-corrected chi connectivity index (χ4v) is 2.40. The molecule has 1 aromatic heterocycles. The maximum absolute atomic E-state index is 6.06. The van der Waals surface area contributed by atoms with E-state index in [4.69, 9.17) is 10.5 Å². The molecule has 110 valence electrons. The molecule has 1 aliphatic heterocycles. The van der Waals surface area contributed by atoms with E-state index in [0.29, 0.717) is 6.54 Å². The number of nitrogens with zero attached hydrogens (tertiary/aromatic N) is 2. The molecule has 0 aliphatic carbocycles. The second kappa shape index (κ2) is 6.45.